The number of carbonyl (C=O) groups is 1. The van der Waals surface area contributed by atoms with Crippen molar-refractivity contribution in [1.29, 1.82) is 0 Å². The number of esters is 1. The topological polar surface area (TPSA) is 44.1 Å². The van der Waals surface area contributed by atoms with E-state index in [0.717, 1.165) is 6.07 Å². The largest absolute Gasteiger partial charge is 0.465 e. The van der Waals surface area contributed by atoms with Gasteiger partial charge < -0.3 is 4.74 Å². The molecule has 0 aliphatic heterocycles. The fraction of sp³-hybridized carbons (Fsp3) is 0.0909. The number of hydrogen-bond donors (Lipinski definition) is 0. The van der Waals surface area contributed by atoms with Crippen molar-refractivity contribution in [1.82, 2.24) is 9.78 Å². The quantitative estimate of drug-likeness (QED) is 0.282. The van der Waals surface area contributed by atoms with Crippen LogP contribution in [0.1, 0.15) is 15.9 Å². The summed E-state index contributed by atoms with van der Waals surface area (Å²) in [6.07, 6.45) is -4.62. The highest BCUT2D eigenvalue weighted by atomic mass is 79.9. The predicted molar refractivity (Wildman–Crippen MR) is 116 cm³/mol. The zero-order valence-corrected chi connectivity index (χ0v) is 18.2. The van der Waals surface area contributed by atoms with E-state index < -0.39 is 17.7 Å². The van der Waals surface area contributed by atoms with Gasteiger partial charge in [0.05, 0.1) is 34.5 Å². The van der Waals surface area contributed by atoms with Gasteiger partial charge in [0, 0.05) is 15.4 Å². The van der Waals surface area contributed by atoms with Crippen LogP contribution < -0.4 is 0 Å². The molecule has 0 saturated carbocycles. The number of rotatable bonds is 3. The number of nitrogens with zero attached hydrogens (tertiary/aromatic N) is 2. The monoisotopic (exact) mass is 508 g/mol. The van der Waals surface area contributed by atoms with E-state index in [-0.39, 0.29) is 10.7 Å². The number of carbonyl (C=O) groups excluding carboxylic acids is 1. The molecule has 0 amide bonds. The molecule has 0 spiro atoms. The fourth-order valence-corrected chi connectivity index (χ4v) is 3.92. The molecule has 4 aromatic rings. The van der Waals surface area contributed by atoms with Crippen molar-refractivity contribution in [2.24, 2.45) is 0 Å². The third-order valence-corrected chi connectivity index (χ3v) is 5.52. The Morgan fingerprint density at radius 1 is 1.10 bits per heavy atom. The van der Waals surface area contributed by atoms with E-state index in [2.05, 4.69) is 21.0 Å². The van der Waals surface area contributed by atoms with Crippen molar-refractivity contribution in [2.75, 3.05) is 7.11 Å². The summed E-state index contributed by atoms with van der Waals surface area (Å²) in [6.45, 7) is 0. The zero-order valence-electron chi connectivity index (χ0n) is 15.9. The van der Waals surface area contributed by atoms with Crippen molar-refractivity contribution in [2.45, 2.75) is 6.18 Å². The Labute approximate surface area is 188 Å². The number of benzene rings is 3. The molecule has 0 N–H and O–H groups in total. The summed E-state index contributed by atoms with van der Waals surface area (Å²) in [4.78, 5) is 11.7. The number of halogens is 5. The first kappa shape index (κ1) is 21.4. The van der Waals surface area contributed by atoms with E-state index >= 15 is 0 Å². The molecular formula is C22H13BrClF3N2O2. The lowest BCUT2D eigenvalue weighted by molar-refractivity contribution is -0.137. The van der Waals surface area contributed by atoms with Crippen LogP contribution in [0.2, 0.25) is 5.02 Å². The third kappa shape index (κ3) is 3.93. The van der Waals surface area contributed by atoms with Gasteiger partial charge in [0.25, 0.3) is 0 Å². The Morgan fingerprint density at radius 3 is 2.45 bits per heavy atom. The number of alkyl halides is 3. The number of methoxy groups -OCH3 is 1. The summed E-state index contributed by atoms with van der Waals surface area (Å²) in [6, 6.07) is 15.3. The van der Waals surface area contributed by atoms with Gasteiger partial charge in [-0.25, -0.2) is 9.48 Å². The molecule has 0 fully saturated rings. The molecule has 0 bridgehead atoms. The van der Waals surface area contributed by atoms with Gasteiger partial charge in [-0.3, -0.25) is 0 Å². The summed E-state index contributed by atoms with van der Waals surface area (Å²) >= 11 is 9.58. The Bertz CT molecular complexity index is 1300. The maximum Gasteiger partial charge on any atom is 0.418 e. The van der Waals surface area contributed by atoms with Crippen molar-refractivity contribution in [3.63, 3.8) is 0 Å². The van der Waals surface area contributed by atoms with E-state index in [1.165, 1.54) is 23.9 Å². The van der Waals surface area contributed by atoms with Gasteiger partial charge in [-0.1, -0.05) is 45.7 Å². The van der Waals surface area contributed by atoms with Gasteiger partial charge in [0.1, 0.15) is 5.69 Å². The van der Waals surface area contributed by atoms with Crippen LogP contribution in [0.5, 0.6) is 0 Å². The van der Waals surface area contributed by atoms with Crippen molar-refractivity contribution in [3.8, 4) is 16.9 Å². The molecule has 9 heteroatoms. The molecule has 0 aliphatic rings. The highest BCUT2D eigenvalue weighted by Crippen LogP contribution is 2.40. The standard InChI is InChI=1S/C22H13BrClF3N2O2/c1-31-21(30)13-7-5-12(6-8-13)19-15-10-9-14(23)11-18(15)29(28-19)20-16(22(25,26)27)3-2-4-17(20)24/h2-11H,1H3. The van der Waals surface area contributed by atoms with Crippen LogP contribution in [-0.4, -0.2) is 22.9 Å². The molecule has 0 atom stereocenters. The van der Waals surface area contributed by atoms with Crippen LogP contribution in [0.4, 0.5) is 13.2 Å². The normalized spacial score (nSPS) is 11.7. The molecule has 1 aromatic heterocycles. The van der Waals surface area contributed by atoms with Crippen LogP contribution in [0, 0.1) is 0 Å². The Hall–Kier alpha value is -2.84. The molecule has 3 aromatic carbocycles. The van der Waals surface area contributed by atoms with E-state index in [4.69, 9.17) is 16.3 Å². The maximum absolute atomic E-state index is 13.7. The van der Waals surface area contributed by atoms with Gasteiger partial charge in [-0.15, -0.1) is 0 Å². The SMILES string of the molecule is COC(=O)c1ccc(-c2nn(-c3c(Cl)cccc3C(F)(F)F)c3cc(Br)ccc23)cc1. The fourth-order valence-electron chi connectivity index (χ4n) is 3.31. The van der Waals surface area contributed by atoms with Gasteiger partial charge in [-0.2, -0.15) is 18.3 Å². The minimum absolute atomic E-state index is 0.0770. The van der Waals surface area contributed by atoms with Crippen LogP contribution in [0.3, 0.4) is 0 Å². The number of aromatic nitrogens is 2. The summed E-state index contributed by atoms with van der Waals surface area (Å²) < 4.78 is 47.8. The average molecular weight is 510 g/mol. The third-order valence-electron chi connectivity index (χ3n) is 4.73. The Balaban J connectivity index is 1.99. The van der Waals surface area contributed by atoms with Gasteiger partial charge >= 0.3 is 12.1 Å². The first-order valence-corrected chi connectivity index (χ1v) is 10.1. The zero-order chi connectivity index (χ0) is 22.3. The molecule has 0 saturated heterocycles. The first-order chi connectivity index (χ1) is 14.7. The molecule has 0 radical (unpaired) electrons. The number of hydrogen-bond acceptors (Lipinski definition) is 3. The summed E-state index contributed by atoms with van der Waals surface area (Å²) in [5.74, 6) is -0.489. The van der Waals surface area contributed by atoms with Gasteiger partial charge in [-0.05, 0) is 42.5 Å². The van der Waals surface area contributed by atoms with Gasteiger partial charge in [0.15, 0.2) is 0 Å². The minimum Gasteiger partial charge on any atom is -0.465 e. The summed E-state index contributed by atoms with van der Waals surface area (Å²) in [5, 5.41) is 5.05. The van der Waals surface area contributed by atoms with E-state index in [9.17, 15) is 18.0 Å². The van der Waals surface area contributed by atoms with Crippen LogP contribution in [-0.2, 0) is 10.9 Å². The van der Waals surface area contributed by atoms with Crippen LogP contribution in [0.15, 0.2) is 65.1 Å². The van der Waals surface area contributed by atoms with Crippen LogP contribution in [0.25, 0.3) is 27.8 Å². The molecule has 4 nitrogen and oxygen atoms in total. The lowest BCUT2D eigenvalue weighted by atomic mass is 10.1. The van der Waals surface area contributed by atoms with Crippen molar-refractivity contribution < 1.29 is 22.7 Å². The first-order valence-electron chi connectivity index (χ1n) is 8.94. The molecular weight excluding hydrogens is 497 g/mol. The van der Waals surface area contributed by atoms with Crippen molar-refractivity contribution in [3.05, 3.63) is 81.3 Å². The number of ether oxygens (including phenoxy) is 1. The second-order valence-corrected chi connectivity index (χ2v) is 7.95. The smallest absolute Gasteiger partial charge is 0.418 e. The highest BCUT2D eigenvalue weighted by molar-refractivity contribution is 9.10. The molecule has 0 unspecified atom stereocenters. The number of fused-ring (bicyclic) bond motifs is 1. The Morgan fingerprint density at radius 2 is 1.81 bits per heavy atom. The molecule has 0 aliphatic carbocycles. The lowest BCUT2D eigenvalue weighted by Gasteiger charge is -2.15. The maximum atomic E-state index is 13.7. The summed E-state index contributed by atoms with van der Waals surface area (Å²) in [7, 11) is 1.28. The average Bonchev–Trinajstić information content (AvgIpc) is 3.10. The number of para-hydroxylation sites is 1. The van der Waals surface area contributed by atoms with Gasteiger partial charge in [0.2, 0.25) is 0 Å². The second-order valence-electron chi connectivity index (χ2n) is 6.62. The van der Waals surface area contributed by atoms with E-state index in [0.29, 0.717) is 32.2 Å². The Kier molecular flexibility index (Phi) is 5.53. The van der Waals surface area contributed by atoms with Crippen molar-refractivity contribution >= 4 is 44.4 Å². The molecule has 158 valence electrons. The second kappa shape index (κ2) is 8.01. The molecule has 31 heavy (non-hydrogen) atoms. The summed E-state index contributed by atoms with van der Waals surface area (Å²) in [5.41, 5.74) is 0.726. The van der Waals surface area contributed by atoms with E-state index in [1.807, 2.05) is 0 Å². The minimum atomic E-state index is -4.62. The van der Waals surface area contributed by atoms with E-state index in [1.54, 1.807) is 42.5 Å². The van der Waals surface area contributed by atoms with Crippen LogP contribution >= 0.6 is 27.5 Å². The highest BCUT2D eigenvalue weighted by Gasteiger charge is 2.35. The molecule has 4 rings (SSSR count). The predicted octanol–water partition coefficient (Wildman–Crippen LogP) is 6.91. The lowest BCUT2D eigenvalue weighted by Crippen LogP contribution is -2.12. The molecule has 1 heterocycles.